The Hall–Kier alpha value is -2.49. The van der Waals surface area contributed by atoms with Gasteiger partial charge in [0.25, 0.3) is 0 Å². The van der Waals surface area contributed by atoms with Gasteiger partial charge in [0.05, 0.1) is 39.0 Å². The molecule has 2 saturated heterocycles. The van der Waals surface area contributed by atoms with Crippen LogP contribution in [0.25, 0.3) is 0 Å². The van der Waals surface area contributed by atoms with Gasteiger partial charge < -0.3 is 24.0 Å². The van der Waals surface area contributed by atoms with Gasteiger partial charge in [-0.1, -0.05) is 6.58 Å². The molecule has 168 valence electrons. The first-order chi connectivity index (χ1) is 15.2. The van der Waals surface area contributed by atoms with Crippen LogP contribution in [0.15, 0.2) is 30.9 Å². The minimum Gasteiger partial charge on any atom is -0.497 e. The fourth-order valence-electron chi connectivity index (χ4n) is 4.76. The van der Waals surface area contributed by atoms with Gasteiger partial charge in [-0.25, -0.2) is 4.68 Å². The summed E-state index contributed by atoms with van der Waals surface area (Å²) in [5, 5.41) is 12.9. The number of nitrogens with zero attached hydrogens (tertiary/aromatic N) is 4. The van der Waals surface area contributed by atoms with Crippen molar-refractivity contribution >= 4 is 0 Å². The number of methoxy groups -OCH3 is 2. The number of hydrogen-bond donors (Lipinski definition) is 2. The number of benzene rings is 1. The van der Waals surface area contributed by atoms with Crippen LogP contribution in [-0.2, 0) is 11.3 Å². The van der Waals surface area contributed by atoms with Crippen LogP contribution in [-0.4, -0.2) is 79.9 Å². The second-order valence-electron chi connectivity index (χ2n) is 8.30. The van der Waals surface area contributed by atoms with Gasteiger partial charge in [-0.3, -0.25) is 0 Å². The molecule has 4 rings (SSSR count). The smallest absolute Gasteiger partial charge is 0.214 e. The number of tetrazole rings is 1. The van der Waals surface area contributed by atoms with Crippen molar-refractivity contribution in [1.29, 1.82) is 0 Å². The maximum absolute atomic E-state index is 5.85. The van der Waals surface area contributed by atoms with Crippen LogP contribution in [0.4, 0.5) is 0 Å². The Balaban J connectivity index is 1.69. The molecule has 0 bridgehead atoms. The lowest BCUT2D eigenvalue weighted by molar-refractivity contribution is -1.02. The molecule has 0 radical (unpaired) electrons. The molecule has 9 heteroatoms. The van der Waals surface area contributed by atoms with Crippen molar-refractivity contribution in [2.75, 3.05) is 53.6 Å². The number of rotatable bonds is 9. The van der Waals surface area contributed by atoms with Gasteiger partial charge in [0, 0.05) is 6.61 Å². The van der Waals surface area contributed by atoms with Crippen LogP contribution in [0.3, 0.4) is 0 Å². The summed E-state index contributed by atoms with van der Waals surface area (Å²) in [5.41, 5.74) is 1.05. The van der Waals surface area contributed by atoms with Gasteiger partial charge in [-0.05, 0) is 47.5 Å². The minimum atomic E-state index is -0.0493. The van der Waals surface area contributed by atoms with Crippen molar-refractivity contribution in [3.05, 3.63) is 42.2 Å². The normalized spacial score (nSPS) is 24.6. The molecule has 9 nitrogen and oxygen atoms in total. The first-order valence-electron chi connectivity index (χ1n) is 11.1. The molecule has 0 unspecified atom stereocenters. The highest BCUT2D eigenvalue weighted by Gasteiger charge is 2.38. The number of piperazine rings is 1. The summed E-state index contributed by atoms with van der Waals surface area (Å²) in [4.78, 5) is 3.00. The molecular formula is C22H34N6O3+2. The third-order valence-corrected chi connectivity index (χ3v) is 6.41. The van der Waals surface area contributed by atoms with E-state index < -0.39 is 0 Å². The highest BCUT2D eigenvalue weighted by molar-refractivity contribution is 5.43. The van der Waals surface area contributed by atoms with E-state index >= 15 is 0 Å². The zero-order chi connectivity index (χ0) is 21.6. The number of ether oxygens (including phenoxy) is 3. The quantitative estimate of drug-likeness (QED) is 0.493. The average Bonchev–Trinajstić information content (AvgIpc) is 3.48. The standard InChI is InChI=1S/C22H32N6O3/c1-4-9-26-10-12-27(13-11-26)21(19-15-17(29-2)7-8-20(19)30-3)22-23-24-25-28(22)16-18-6-5-14-31-18/h4,7-8,15,18,21H,1,5-6,9-14,16H2,2-3H3/p+2/t18-,21-/m1/s1. The summed E-state index contributed by atoms with van der Waals surface area (Å²) < 4.78 is 19.1. The zero-order valence-electron chi connectivity index (χ0n) is 18.5. The summed E-state index contributed by atoms with van der Waals surface area (Å²) in [6, 6.07) is 5.90. The molecule has 1 aromatic carbocycles. The Kier molecular flexibility index (Phi) is 7.16. The van der Waals surface area contributed by atoms with Crippen LogP contribution in [0, 0.1) is 0 Å². The molecule has 0 spiro atoms. The first kappa shape index (κ1) is 21.7. The number of quaternary nitrogens is 2. The summed E-state index contributed by atoms with van der Waals surface area (Å²) in [6.07, 6.45) is 4.31. The maximum atomic E-state index is 5.85. The molecule has 3 heterocycles. The summed E-state index contributed by atoms with van der Waals surface area (Å²) in [7, 11) is 3.39. The van der Waals surface area contributed by atoms with E-state index in [1.54, 1.807) is 19.1 Å². The van der Waals surface area contributed by atoms with Crippen molar-refractivity contribution in [1.82, 2.24) is 20.2 Å². The Labute approximate surface area is 183 Å². The third kappa shape index (κ3) is 4.89. The van der Waals surface area contributed by atoms with Crippen LogP contribution in [0.5, 0.6) is 11.5 Å². The van der Waals surface area contributed by atoms with Crippen molar-refractivity contribution < 1.29 is 24.0 Å². The highest BCUT2D eigenvalue weighted by Crippen LogP contribution is 2.31. The monoisotopic (exact) mass is 430 g/mol. The first-order valence-corrected chi connectivity index (χ1v) is 11.1. The summed E-state index contributed by atoms with van der Waals surface area (Å²) in [6.45, 7) is 10.6. The number of aromatic nitrogens is 4. The van der Waals surface area contributed by atoms with Crippen LogP contribution >= 0.6 is 0 Å². The molecule has 2 aliphatic heterocycles. The van der Waals surface area contributed by atoms with Gasteiger partial charge in [0.2, 0.25) is 5.82 Å². The van der Waals surface area contributed by atoms with E-state index in [0.29, 0.717) is 6.54 Å². The lowest BCUT2D eigenvalue weighted by atomic mass is 10.0. The molecule has 2 atom stereocenters. The SMILES string of the molecule is C=CC[NH+]1CC[NH+]([C@H](c2cc(OC)ccc2OC)c2nnnn2C[C@H]2CCCO2)CC1. The highest BCUT2D eigenvalue weighted by atomic mass is 16.5. The molecule has 2 aliphatic rings. The Bertz CT molecular complexity index is 859. The molecule has 0 aliphatic carbocycles. The van der Waals surface area contributed by atoms with Crippen molar-refractivity contribution in [2.45, 2.75) is 31.5 Å². The van der Waals surface area contributed by atoms with Crippen LogP contribution in [0.2, 0.25) is 0 Å². The second kappa shape index (κ2) is 10.2. The molecular weight excluding hydrogens is 396 g/mol. The number of nitrogens with one attached hydrogen (secondary N) is 2. The van der Waals surface area contributed by atoms with E-state index in [4.69, 9.17) is 14.2 Å². The van der Waals surface area contributed by atoms with Gasteiger partial charge in [0.15, 0.2) is 6.04 Å². The number of hydrogen-bond acceptors (Lipinski definition) is 6. The fourth-order valence-corrected chi connectivity index (χ4v) is 4.76. The van der Waals surface area contributed by atoms with E-state index in [9.17, 15) is 0 Å². The largest absolute Gasteiger partial charge is 0.497 e. The molecule has 1 aromatic heterocycles. The van der Waals surface area contributed by atoms with Crippen LogP contribution in [0.1, 0.15) is 30.3 Å². The Morgan fingerprint density at radius 2 is 2.10 bits per heavy atom. The van der Waals surface area contributed by atoms with Gasteiger partial charge in [-0.2, -0.15) is 0 Å². The zero-order valence-corrected chi connectivity index (χ0v) is 18.5. The van der Waals surface area contributed by atoms with Crippen molar-refractivity contribution in [3.8, 4) is 11.5 Å². The predicted octanol–water partition coefficient (Wildman–Crippen LogP) is -1.07. The molecule has 2 N–H and O–H groups in total. The summed E-state index contributed by atoms with van der Waals surface area (Å²) in [5.74, 6) is 2.48. The summed E-state index contributed by atoms with van der Waals surface area (Å²) >= 11 is 0. The fraction of sp³-hybridized carbons (Fsp3) is 0.591. The average molecular weight is 431 g/mol. The third-order valence-electron chi connectivity index (χ3n) is 6.41. The topological polar surface area (TPSA) is 80.2 Å². The van der Waals surface area contributed by atoms with Gasteiger partial charge in [0.1, 0.15) is 37.7 Å². The van der Waals surface area contributed by atoms with E-state index in [2.05, 4.69) is 28.2 Å². The second-order valence-corrected chi connectivity index (χ2v) is 8.30. The lowest BCUT2D eigenvalue weighted by Crippen LogP contribution is -3.28. The lowest BCUT2D eigenvalue weighted by Gasteiger charge is -2.34. The van der Waals surface area contributed by atoms with Gasteiger partial charge >= 0.3 is 0 Å². The Morgan fingerprint density at radius 1 is 1.26 bits per heavy atom. The van der Waals surface area contributed by atoms with E-state index in [-0.39, 0.29) is 12.1 Å². The molecule has 0 saturated carbocycles. The molecule has 0 amide bonds. The van der Waals surface area contributed by atoms with Crippen molar-refractivity contribution in [2.24, 2.45) is 0 Å². The van der Waals surface area contributed by atoms with Gasteiger partial charge in [-0.15, -0.1) is 5.10 Å². The molecule has 2 fully saturated rings. The van der Waals surface area contributed by atoms with E-state index in [0.717, 1.165) is 75.1 Å². The maximum Gasteiger partial charge on any atom is 0.214 e. The van der Waals surface area contributed by atoms with E-state index in [1.165, 1.54) is 4.90 Å². The predicted molar refractivity (Wildman–Crippen MR) is 115 cm³/mol. The van der Waals surface area contributed by atoms with E-state index in [1.807, 2.05) is 22.9 Å². The molecule has 31 heavy (non-hydrogen) atoms. The van der Waals surface area contributed by atoms with Crippen LogP contribution < -0.4 is 19.3 Å². The Morgan fingerprint density at radius 3 is 2.77 bits per heavy atom. The molecule has 2 aromatic rings. The van der Waals surface area contributed by atoms with Crippen molar-refractivity contribution in [3.63, 3.8) is 0 Å². The minimum absolute atomic E-state index is 0.0493.